The summed E-state index contributed by atoms with van der Waals surface area (Å²) in [5.74, 6) is 0.587. The zero-order chi connectivity index (χ0) is 15.5. The van der Waals surface area contributed by atoms with Crippen LogP contribution >= 0.6 is 0 Å². The third-order valence-electron chi connectivity index (χ3n) is 3.33. The number of hydrogen-bond donors (Lipinski definition) is 2. The van der Waals surface area contributed by atoms with E-state index in [2.05, 4.69) is 41.6 Å². The maximum absolute atomic E-state index is 12.2. The van der Waals surface area contributed by atoms with E-state index in [1.807, 2.05) is 0 Å². The van der Waals surface area contributed by atoms with Gasteiger partial charge in [-0.15, -0.1) is 10.2 Å². The Hall–Kier alpha value is -1.65. The van der Waals surface area contributed by atoms with Crippen molar-refractivity contribution in [3.05, 3.63) is 17.8 Å². The first-order valence-electron chi connectivity index (χ1n) is 8.09. The van der Waals surface area contributed by atoms with E-state index in [0.29, 0.717) is 11.5 Å². The Bertz CT molecular complexity index is 405. The molecule has 0 fully saturated rings. The van der Waals surface area contributed by atoms with Gasteiger partial charge in [-0.05, 0) is 31.4 Å². The molecule has 2 N–H and O–H groups in total. The van der Waals surface area contributed by atoms with Crippen LogP contribution in [0.25, 0.3) is 0 Å². The lowest BCUT2D eigenvalue weighted by Crippen LogP contribution is -2.35. The first kappa shape index (κ1) is 17.4. The molecule has 0 radical (unpaired) electrons. The summed E-state index contributed by atoms with van der Waals surface area (Å²) in [6.45, 7) is 7.25. The lowest BCUT2D eigenvalue weighted by molar-refractivity contribution is 0.0926. The molecule has 0 spiro atoms. The second-order valence-electron chi connectivity index (χ2n) is 5.33. The van der Waals surface area contributed by atoms with Crippen LogP contribution in [0.3, 0.4) is 0 Å². The van der Waals surface area contributed by atoms with Crippen molar-refractivity contribution in [2.45, 2.75) is 65.3 Å². The van der Waals surface area contributed by atoms with Crippen LogP contribution in [0.4, 0.5) is 5.82 Å². The SMILES string of the molecule is CCCCC(CCC)NC(=O)c1ccc(NCCC)nn1. The van der Waals surface area contributed by atoms with Crippen molar-refractivity contribution in [2.75, 3.05) is 11.9 Å². The molecule has 1 atom stereocenters. The predicted molar refractivity (Wildman–Crippen MR) is 86.5 cm³/mol. The standard InChI is InChI=1S/C16H28N4O/c1-4-7-9-13(8-5-2)18-16(21)14-10-11-15(20-19-14)17-12-6-3/h10-11,13H,4-9,12H2,1-3H3,(H,17,20)(H,18,21). The number of hydrogen-bond acceptors (Lipinski definition) is 4. The van der Waals surface area contributed by atoms with E-state index in [9.17, 15) is 4.79 Å². The highest BCUT2D eigenvalue weighted by molar-refractivity contribution is 5.92. The molecule has 0 aliphatic carbocycles. The lowest BCUT2D eigenvalue weighted by atomic mass is 10.1. The van der Waals surface area contributed by atoms with Gasteiger partial charge in [-0.2, -0.15) is 0 Å². The molecular formula is C16H28N4O. The zero-order valence-corrected chi connectivity index (χ0v) is 13.5. The average molecular weight is 292 g/mol. The summed E-state index contributed by atoms with van der Waals surface area (Å²) in [7, 11) is 0. The molecule has 118 valence electrons. The Balaban J connectivity index is 2.56. The van der Waals surface area contributed by atoms with Gasteiger partial charge in [-0.3, -0.25) is 4.79 Å². The van der Waals surface area contributed by atoms with Crippen LogP contribution in [0.1, 0.15) is 69.8 Å². The summed E-state index contributed by atoms with van der Waals surface area (Å²) in [5.41, 5.74) is 0.384. The summed E-state index contributed by atoms with van der Waals surface area (Å²) >= 11 is 0. The van der Waals surface area contributed by atoms with E-state index < -0.39 is 0 Å². The van der Waals surface area contributed by atoms with Gasteiger partial charge in [0.15, 0.2) is 5.69 Å². The third-order valence-corrected chi connectivity index (χ3v) is 3.33. The average Bonchev–Trinajstić information content (AvgIpc) is 2.51. The van der Waals surface area contributed by atoms with Gasteiger partial charge in [0.25, 0.3) is 5.91 Å². The number of unbranched alkanes of at least 4 members (excludes halogenated alkanes) is 1. The number of nitrogens with one attached hydrogen (secondary N) is 2. The van der Waals surface area contributed by atoms with Crippen molar-refractivity contribution < 1.29 is 4.79 Å². The number of aromatic nitrogens is 2. The molecule has 1 unspecified atom stereocenters. The summed E-state index contributed by atoms with van der Waals surface area (Å²) in [6, 6.07) is 3.77. The Morgan fingerprint density at radius 3 is 2.48 bits per heavy atom. The van der Waals surface area contributed by atoms with E-state index >= 15 is 0 Å². The lowest BCUT2D eigenvalue weighted by Gasteiger charge is -2.17. The van der Waals surface area contributed by atoms with Gasteiger partial charge < -0.3 is 10.6 Å². The highest BCUT2D eigenvalue weighted by atomic mass is 16.2. The normalized spacial score (nSPS) is 12.0. The fourth-order valence-electron chi connectivity index (χ4n) is 2.15. The molecule has 1 amide bonds. The summed E-state index contributed by atoms with van der Waals surface area (Å²) in [6.07, 6.45) is 6.42. The number of carbonyl (C=O) groups is 1. The second kappa shape index (κ2) is 10.1. The molecule has 1 aromatic rings. The van der Waals surface area contributed by atoms with Gasteiger partial charge >= 0.3 is 0 Å². The second-order valence-corrected chi connectivity index (χ2v) is 5.33. The van der Waals surface area contributed by atoms with E-state index in [1.54, 1.807) is 12.1 Å². The van der Waals surface area contributed by atoms with Gasteiger partial charge in [0.1, 0.15) is 5.82 Å². The quantitative estimate of drug-likeness (QED) is 0.693. The van der Waals surface area contributed by atoms with Crippen LogP contribution in [-0.2, 0) is 0 Å². The van der Waals surface area contributed by atoms with Crippen molar-refractivity contribution in [3.63, 3.8) is 0 Å². The monoisotopic (exact) mass is 292 g/mol. The van der Waals surface area contributed by atoms with Crippen LogP contribution < -0.4 is 10.6 Å². The molecular weight excluding hydrogens is 264 g/mol. The summed E-state index contributed by atoms with van der Waals surface area (Å²) in [5, 5.41) is 14.2. The van der Waals surface area contributed by atoms with E-state index in [0.717, 1.165) is 45.1 Å². The fourth-order valence-corrected chi connectivity index (χ4v) is 2.15. The molecule has 21 heavy (non-hydrogen) atoms. The van der Waals surface area contributed by atoms with Gasteiger partial charge in [-0.1, -0.05) is 40.0 Å². The Labute approximate surface area is 127 Å². The molecule has 0 aliphatic rings. The minimum Gasteiger partial charge on any atom is -0.369 e. The highest BCUT2D eigenvalue weighted by Gasteiger charge is 2.14. The molecule has 0 aromatic carbocycles. The van der Waals surface area contributed by atoms with Crippen LogP contribution in [0.15, 0.2) is 12.1 Å². The first-order chi connectivity index (χ1) is 10.2. The minimum atomic E-state index is -0.126. The van der Waals surface area contributed by atoms with Crippen molar-refractivity contribution >= 4 is 11.7 Å². The summed E-state index contributed by atoms with van der Waals surface area (Å²) in [4.78, 5) is 12.2. The molecule has 1 aromatic heterocycles. The van der Waals surface area contributed by atoms with Crippen molar-refractivity contribution in [1.82, 2.24) is 15.5 Å². The number of anilines is 1. The van der Waals surface area contributed by atoms with Crippen LogP contribution in [0.2, 0.25) is 0 Å². The van der Waals surface area contributed by atoms with Crippen molar-refractivity contribution in [2.24, 2.45) is 0 Å². The molecule has 1 rings (SSSR count). The largest absolute Gasteiger partial charge is 0.369 e. The number of carbonyl (C=O) groups excluding carboxylic acids is 1. The minimum absolute atomic E-state index is 0.126. The maximum Gasteiger partial charge on any atom is 0.272 e. The van der Waals surface area contributed by atoms with Gasteiger partial charge in [0, 0.05) is 12.6 Å². The van der Waals surface area contributed by atoms with Gasteiger partial charge in [0.2, 0.25) is 0 Å². The van der Waals surface area contributed by atoms with Gasteiger partial charge in [-0.25, -0.2) is 0 Å². The number of amides is 1. The fraction of sp³-hybridized carbons (Fsp3) is 0.688. The third kappa shape index (κ3) is 6.56. The molecule has 0 saturated carbocycles. The van der Waals surface area contributed by atoms with Crippen LogP contribution in [-0.4, -0.2) is 28.7 Å². The molecule has 5 nitrogen and oxygen atoms in total. The molecule has 5 heteroatoms. The van der Waals surface area contributed by atoms with Gasteiger partial charge in [0.05, 0.1) is 0 Å². The Kier molecular flexibility index (Phi) is 8.40. The molecule has 0 saturated heterocycles. The Morgan fingerprint density at radius 2 is 1.90 bits per heavy atom. The first-order valence-corrected chi connectivity index (χ1v) is 8.09. The molecule has 0 aliphatic heterocycles. The smallest absolute Gasteiger partial charge is 0.272 e. The number of rotatable bonds is 10. The van der Waals surface area contributed by atoms with E-state index in [1.165, 1.54) is 0 Å². The van der Waals surface area contributed by atoms with E-state index in [-0.39, 0.29) is 11.9 Å². The maximum atomic E-state index is 12.2. The van der Waals surface area contributed by atoms with Crippen LogP contribution in [0, 0.1) is 0 Å². The topological polar surface area (TPSA) is 66.9 Å². The number of nitrogens with zero attached hydrogens (tertiary/aromatic N) is 2. The molecule has 0 bridgehead atoms. The predicted octanol–water partition coefficient (Wildman–Crippen LogP) is 3.39. The van der Waals surface area contributed by atoms with Crippen molar-refractivity contribution in [1.29, 1.82) is 0 Å². The zero-order valence-electron chi connectivity index (χ0n) is 13.5. The van der Waals surface area contributed by atoms with Crippen molar-refractivity contribution in [3.8, 4) is 0 Å². The van der Waals surface area contributed by atoms with E-state index in [4.69, 9.17) is 0 Å². The Morgan fingerprint density at radius 1 is 1.10 bits per heavy atom. The summed E-state index contributed by atoms with van der Waals surface area (Å²) < 4.78 is 0. The highest BCUT2D eigenvalue weighted by Crippen LogP contribution is 2.08. The van der Waals surface area contributed by atoms with Crippen LogP contribution in [0.5, 0.6) is 0 Å². The molecule has 1 heterocycles.